The van der Waals surface area contributed by atoms with E-state index in [0.717, 1.165) is 25.6 Å². The van der Waals surface area contributed by atoms with Gasteiger partial charge >= 0.3 is 0 Å². The SMILES string of the molecule is CCC(C)CC1(CNCCOC)CCCc2ccccc21. The predicted octanol–water partition coefficient (Wildman–Crippen LogP) is 3.93. The predicted molar refractivity (Wildman–Crippen MR) is 89.9 cm³/mol. The second-order valence-electron chi connectivity index (χ2n) is 6.68. The van der Waals surface area contributed by atoms with Crippen molar-refractivity contribution in [3.05, 3.63) is 35.4 Å². The molecule has 2 heteroatoms. The van der Waals surface area contributed by atoms with Gasteiger partial charge in [-0.1, -0.05) is 44.5 Å². The van der Waals surface area contributed by atoms with Gasteiger partial charge in [-0.05, 0) is 42.7 Å². The molecule has 0 radical (unpaired) electrons. The maximum absolute atomic E-state index is 5.17. The number of benzene rings is 1. The van der Waals surface area contributed by atoms with Gasteiger partial charge in [-0.2, -0.15) is 0 Å². The Morgan fingerprint density at radius 3 is 2.90 bits per heavy atom. The highest BCUT2D eigenvalue weighted by atomic mass is 16.5. The molecular formula is C19H31NO. The van der Waals surface area contributed by atoms with Gasteiger partial charge in [0.05, 0.1) is 6.61 Å². The summed E-state index contributed by atoms with van der Waals surface area (Å²) < 4.78 is 5.17. The second-order valence-corrected chi connectivity index (χ2v) is 6.68. The lowest BCUT2D eigenvalue weighted by Crippen LogP contribution is -2.43. The van der Waals surface area contributed by atoms with Gasteiger partial charge in [0.15, 0.2) is 0 Å². The van der Waals surface area contributed by atoms with Crippen LogP contribution in [0.3, 0.4) is 0 Å². The number of hydrogen-bond donors (Lipinski definition) is 1. The van der Waals surface area contributed by atoms with Crippen molar-refractivity contribution in [2.45, 2.75) is 51.4 Å². The molecule has 21 heavy (non-hydrogen) atoms. The summed E-state index contributed by atoms with van der Waals surface area (Å²) in [6.45, 7) is 7.53. The van der Waals surface area contributed by atoms with Crippen LogP contribution in [0.5, 0.6) is 0 Å². The number of methoxy groups -OCH3 is 1. The van der Waals surface area contributed by atoms with Gasteiger partial charge < -0.3 is 10.1 Å². The van der Waals surface area contributed by atoms with Crippen LogP contribution >= 0.6 is 0 Å². The first-order valence-electron chi connectivity index (χ1n) is 8.50. The molecule has 1 aromatic carbocycles. The summed E-state index contributed by atoms with van der Waals surface area (Å²) in [6.07, 6.45) is 6.44. The van der Waals surface area contributed by atoms with Crippen molar-refractivity contribution in [1.29, 1.82) is 0 Å². The van der Waals surface area contributed by atoms with Crippen LogP contribution in [-0.4, -0.2) is 26.8 Å². The molecule has 2 unspecified atom stereocenters. The summed E-state index contributed by atoms with van der Waals surface area (Å²) in [5, 5.41) is 3.64. The Hall–Kier alpha value is -0.860. The summed E-state index contributed by atoms with van der Waals surface area (Å²) in [4.78, 5) is 0. The molecule has 0 bridgehead atoms. The maximum atomic E-state index is 5.17. The monoisotopic (exact) mass is 289 g/mol. The third-order valence-electron chi connectivity index (χ3n) is 5.07. The van der Waals surface area contributed by atoms with Crippen molar-refractivity contribution in [3.63, 3.8) is 0 Å². The smallest absolute Gasteiger partial charge is 0.0587 e. The fraction of sp³-hybridized carbons (Fsp3) is 0.684. The molecule has 0 saturated carbocycles. The minimum atomic E-state index is 0.317. The van der Waals surface area contributed by atoms with E-state index in [1.807, 2.05) is 0 Å². The van der Waals surface area contributed by atoms with Crippen molar-refractivity contribution >= 4 is 0 Å². The van der Waals surface area contributed by atoms with E-state index < -0.39 is 0 Å². The van der Waals surface area contributed by atoms with Crippen molar-refractivity contribution in [3.8, 4) is 0 Å². The van der Waals surface area contributed by atoms with Crippen LogP contribution in [-0.2, 0) is 16.6 Å². The van der Waals surface area contributed by atoms with Crippen molar-refractivity contribution in [1.82, 2.24) is 5.32 Å². The minimum Gasteiger partial charge on any atom is -0.383 e. The largest absolute Gasteiger partial charge is 0.383 e. The standard InChI is InChI=1S/C19H31NO/c1-4-16(2)14-19(15-20-12-13-21-3)11-7-9-17-8-5-6-10-18(17)19/h5-6,8,10,16,20H,4,7,9,11-15H2,1-3H3. The van der Waals surface area contributed by atoms with Crippen molar-refractivity contribution in [2.24, 2.45) is 5.92 Å². The topological polar surface area (TPSA) is 21.3 Å². The van der Waals surface area contributed by atoms with Gasteiger partial charge in [-0.15, -0.1) is 0 Å². The lowest BCUT2D eigenvalue weighted by Gasteiger charge is -2.41. The first-order chi connectivity index (χ1) is 10.2. The Morgan fingerprint density at radius 2 is 2.14 bits per heavy atom. The van der Waals surface area contributed by atoms with Gasteiger partial charge in [-0.25, -0.2) is 0 Å². The molecule has 1 aliphatic carbocycles. The minimum absolute atomic E-state index is 0.317. The van der Waals surface area contributed by atoms with E-state index in [1.165, 1.54) is 32.1 Å². The number of hydrogen-bond acceptors (Lipinski definition) is 2. The highest BCUT2D eigenvalue weighted by Crippen LogP contribution is 2.42. The van der Waals surface area contributed by atoms with Gasteiger partial charge in [0.2, 0.25) is 0 Å². The van der Waals surface area contributed by atoms with Gasteiger partial charge in [-0.3, -0.25) is 0 Å². The highest BCUT2D eigenvalue weighted by molar-refractivity contribution is 5.37. The lowest BCUT2D eigenvalue weighted by molar-refractivity contribution is 0.191. The van der Waals surface area contributed by atoms with E-state index in [4.69, 9.17) is 4.74 Å². The summed E-state index contributed by atoms with van der Waals surface area (Å²) in [5.74, 6) is 0.778. The molecule has 0 heterocycles. The van der Waals surface area contributed by atoms with Gasteiger partial charge in [0.1, 0.15) is 0 Å². The Labute approximate surface area is 130 Å². The Kier molecular flexibility index (Phi) is 6.25. The van der Waals surface area contributed by atoms with Crippen molar-refractivity contribution in [2.75, 3.05) is 26.8 Å². The molecular weight excluding hydrogens is 258 g/mol. The molecule has 0 aliphatic heterocycles. The fourth-order valence-electron chi connectivity index (χ4n) is 3.79. The highest BCUT2D eigenvalue weighted by Gasteiger charge is 2.36. The fourth-order valence-corrected chi connectivity index (χ4v) is 3.79. The number of aryl methyl sites for hydroxylation is 1. The average Bonchev–Trinajstić information content (AvgIpc) is 2.52. The van der Waals surface area contributed by atoms with Crippen LogP contribution < -0.4 is 5.32 Å². The van der Waals surface area contributed by atoms with Gasteiger partial charge in [0, 0.05) is 25.6 Å². The lowest BCUT2D eigenvalue weighted by atomic mass is 9.65. The number of ether oxygens (including phenoxy) is 1. The molecule has 118 valence electrons. The molecule has 0 amide bonds. The zero-order chi connectivity index (χ0) is 15.1. The Bertz CT molecular complexity index is 431. The summed E-state index contributed by atoms with van der Waals surface area (Å²) >= 11 is 0. The quantitative estimate of drug-likeness (QED) is 0.732. The maximum Gasteiger partial charge on any atom is 0.0587 e. The molecule has 2 nitrogen and oxygen atoms in total. The molecule has 2 rings (SSSR count). The first kappa shape index (κ1) is 16.5. The van der Waals surface area contributed by atoms with Crippen LogP contribution in [0, 0.1) is 5.92 Å². The Morgan fingerprint density at radius 1 is 1.33 bits per heavy atom. The van der Waals surface area contributed by atoms with E-state index in [2.05, 4.69) is 43.4 Å². The number of nitrogens with one attached hydrogen (secondary N) is 1. The number of fused-ring (bicyclic) bond motifs is 1. The van der Waals surface area contributed by atoms with Crippen LogP contribution in [0.1, 0.15) is 50.7 Å². The molecule has 2 atom stereocenters. The zero-order valence-corrected chi connectivity index (χ0v) is 14.0. The summed E-state index contributed by atoms with van der Waals surface area (Å²) in [7, 11) is 1.77. The zero-order valence-electron chi connectivity index (χ0n) is 14.0. The van der Waals surface area contributed by atoms with Crippen LogP contribution in [0.25, 0.3) is 0 Å². The molecule has 1 N–H and O–H groups in total. The molecule has 0 aromatic heterocycles. The molecule has 1 aromatic rings. The molecule has 0 spiro atoms. The molecule has 0 fully saturated rings. The van der Waals surface area contributed by atoms with E-state index in [9.17, 15) is 0 Å². The number of rotatable bonds is 8. The third-order valence-corrected chi connectivity index (χ3v) is 5.07. The average molecular weight is 289 g/mol. The van der Waals surface area contributed by atoms with Crippen LogP contribution in [0.4, 0.5) is 0 Å². The van der Waals surface area contributed by atoms with E-state index in [-0.39, 0.29) is 0 Å². The first-order valence-corrected chi connectivity index (χ1v) is 8.50. The van der Waals surface area contributed by atoms with E-state index in [1.54, 1.807) is 18.2 Å². The second kappa shape index (κ2) is 7.95. The molecule has 1 aliphatic rings. The van der Waals surface area contributed by atoms with E-state index >= 15 is 0 Å². The third kappa shape index (κ3) is 4.08. The van der Waals surface area contributed by atoms with Crippen LogP contribution in [0.15, 0.2) is 24.3 Å². The normalized spacial score (nSPS) is 22.8. The molecule has 0 saturated heterocycles. The summed E-state index contributed by atoms with van der Waals surface area (Å²) in [6, 6.07) is 9.10. The van der Waals surface area contributed by atoms with Crippen molar-refractivity contribution < 1.29 is 4.74 Å². The summed E-state index contributed by atoms with van der Waals surface area (Å²) in [5.41, 5.74) is 3.49. The van der Waals surface area contributed by atoms with Gasteiger partial charge in [0.25, 0.3) is 0 Å². The van der Waals surface area contributed by atoms with E-state index in [0.29, 0.717) is 5.41 Å². The van der Waals surface area contributed by atoms with Crippen LogP contribution in [0.2, 0.25) is 0 Å². The Balaban J connectivity index is 2.20.